The van der Waals surface area contributed by atoms with Gasteiger partial charge in [0.25, 0.3) is 0 Å². The lowest BCUT2D eigenvalue weighted by Gasteiger charge is -2.41. The van der Waals surface area contributed by atoms with Crippen LogP contribution in [0, 0.1) is 6.92 Å². The van der Waals surface area contributed by atoms with E-state index in [0.29, 0.717) is 6.54 Å². The van der Waals surface area contributed by atoms with Gasteiger partial charge in [0, 0.05) is 42.8 Å². The Labute approximate surface area is 154 Å². The molecule has 138 valence electrons. The Balaban J connectivity index is 1.48. The molecule has 1 atom stereocenters. The lowest BCUT2D eigenvalue weighted by Crippen LogP contribution is -2.49. The van der Waals surface area contributed by atoms with E-state index in [1.165, 1.54) is 34.1 Å². The van der Waals surface area contributed by atoms with Crippen molar-refractivity contribution in [2.24, 2.45) is 0 Å². The summed E-state index contributed by atoms with van der Waals surface area (Å²) in [7, 11) is 0. The maximum absolute atomic E-state index is 13.1. The highest BCUT2D eigenvalue weighted by molar-refractivity contribution is 5.88. The van der Waals surface area contributed by atoms with Crippen molar-refractivity contribution in [3.63, 3.8) is 0 Å². The van der Waals surface area contributed by atoms with Crippen molar-refractivity contribution in [2.75, 3.05) is 39.4 Å². The standard InChI is InChI=1S/C21H27N3O2/c1-15-5-6-18-17(13-15)16-3-2-4-19-21(16)24(18)8-7-23(19)20(25)14-22-9-11-26-12-10-22/h5-6,13,19H,2-4,7-12,14H2,1H3. The van der Waals surface area contributed by atoms with Crippen LogP contribution in [0.25, 0.3) is 10.9 Å². The Kier molecular flexibility index (Phi) is 4.02. The monoisotopic (exact) mass is 353 g/mol. The summed E-state index contributed by atoms with van der Waals surface area (Å²) in [5.74, 6) is 0.289. The van der Waals surface area contributed by atoms with Gasteiger partial charge in [0.2, 0.25) is 5.91 Å². The molecule has 2 aromatic rings. The number of hydrogen-bond donors (Lipinski definition) is 0. The van der Waals surface area contributed by atoms with Crippen LogP contribution in [-0.2, 0) is 22.5 Å². The fourth-order valence-corrected chi connectivity index (χ4v) is 5.06. The number of benzene rings is 1. The molecule has 1 aromatic heterocycles. The Morgan fingerprint density at radius 2 is 2.04 bits per heavy atom. The molecule has 1 saturated heterocycles. The molecular weight excluding hydrogens is 326 g/mol. The summed E-state index contributed by atoms with van der Waals surface area (Å²) in [6, 6.07) is 7.07. The van der Waals surface area contributed by atoms with E-state index < -0.39 is 0 Å². The third kappa shape index (κ3) is 2.57. The van der Waals surface area contributed by atoms with Crippen molar-refractivity contribution in [2.45, 2.75) is 38.8 Å². The van der Waals surface area contributed by atoms with Crippen LogP contribution in [0.5, 0.6) is 0 Å². The van der Waals surface area contributed by atoms with E-state index in [1.807, 2.05) is 0 Å². The molecule has 5 nitrogen and oxygen atoms in total. The molecule has 0 spiro atoms. The second-order valence-corrected chi connectivity index (χ2v) is 7.92. The molecule has 2 aliphatic heterocycles. The van der Waals surface area contributed by atoms with E-state index in [0.717, 1.165) is 52.2 Å². The number of ether oxygens (including phenoxy) is 1. The third-order valence-electron chi connectivity index (χ3n) is 6.31. The highest BCUT2D eigenvalue weighted by Crippen LogP contribution is 2.42. The molecule has 3 aliphatic rings. The van der Waals surface area contributed by atoms with Crippen LogP contribution in [0.3, 0.4) is 0 Å². The van der Waals surface area contributed by atoms with Crippen molar-refractivity contribution in [3.05, 3.63) is 35.0 Å². The maximum Gasteiger partial charge on any atom is 0.237 e. The zero-order valence-electron chi connectivity index (χ0n) is 15.5. The van der Waals surface area contributed by atoms with Crippen LogP contribution in [0.1, 0.15) is 35.7 Å². The summed E-state index contributed by atoms with van der Waals surface area (Å²) in [5.41, 5.74) is 5.58. The molecule has 5 heteroatoms. The van der Waals surface area contributed by atoms with Gasteiger partial charge in [0.05, 0.1) is 25.8 Å². The number of hydrogen-bond acceptors (Lipinski definition) is 3. The molecule has 5 rings (SSSR count). The van der Waals surface area contributed by atoms with Gasteiger partial charge in [-0.3, -0.25) is 9.69 Å². The summed E-state index contributed by atoms with van der Waals surface area (Å²) in [6.07, 6.45) is 3.41. The van der Waals surface area contributed by atoms with E-state index in [4.69, 9.17) is 4.74 Å². The van der Waals surface area contributed by atoms with E-state index in [1.54, 1.807) is 0 Å². The number of aryl methyl sites for hydroxylation is 2. The van der Waals surface area contributed by atoms with Gasteiger partial charge in [0.15, 0.2) is 0 Å². The molecule has 1 aliphatic carbocycles. The van der Waals surface area contributed by atoms with Crippen molar-refractivity contribution in [3.8, 4) is 0 Å². The number of carbonyl (C=O) groups excluding carboxylic acids is 1. The Morgan fingerprint density at radius 1 is 1.19 bits per heavy atom. The second-order valence-electron chi connectivity index (χ2n) is 7.92. The number of amides is 1. The first-order valence-electron chi connectivity index (χ1n) is 9.93. The summed E-state index contributed by atoms with van der Waals surface area (Å²) in [4.78, 5) is 17.5. The molecule has 3 heterocycles. The number of rotatable bonds is 2. The molecule has 26 heavy (non-hydrogen) atoms. The molecule has 0 N–H and O–H groups in total. The topological polar surface area (TPSA) is 37.7 Å². The number of aromatic nitrogens is 1. The van der Waals surface area contributed by atoms with Gasteiger partial charge in [-0.25, -0.2) is 0 Å². The van der Waals surface area contributed by atoms with Crippen LogP contribution in [0.4, 0.5) is 0 Å². The quantitative estimate of drug-likeness (QED) is 0.833. The minimum Gasteiger partial charge on any atom is -0.379 e. The Morgan fingerprint density at radius 3 is 2.88 bits per heavy atom. The SMILES string of the molecule is Cc1ccc2c(c1)c1c3n2CCN(C(=O)CN2CCOCC2)C3CCC1. The summed E-state index contributed by atoms with van der Waals surface area (Å²) in [5, 5.41) is 1.41. The average Bonchev–Trinajstić information content (AvgIpc) is 2.98. The number of carbonyl (C=O) groups is 1. The molecule has 1 aromatic carbocycles. The number of morpholine rings is 1. The highest BCUT2D eigenvalue weighted by atomic mass is 16.5. The van der Waals surface area contributed by atoms with Crippen LogP contribution in [0.2, 0.25) is 0 Å². The van der Waals surface area contributed by atoms with Gasteiger partial charge in [-0.05, 0) is 43.9 Å². The summed E-state index contributed by atoms with van der Waals surface area (Å²) >= 11 is 0. The van der Waals surface area contributed by atoms with Crippen LogP contribution < -0.4 is 0 Å². The van der Waals surface area contributed by atoms with Crippen molar-refractivity contribution < 1.29 is 9.53 Å². The van der Waals surface area contributed by atoms with Crippen LogP contribution >= 0.6 is 0 Å². The number of nitrogens with zero attached hydrogens (tertiary/aromatic N) is 3. The summed E-state index contributed by atoms with van der Waals surface area (Å²) in [6.45, 7) is 7.68. The van der Waals surface area contributed by atoms with Gasteiger partial charge in [-0.15, -0.1) is 0 Å². The molecule has 0 radical (unpaired) electrons. The molecular formula is C21H27N3O2. The average molecular weight is 353 g/mol. The van der Waals surface area contributed by atoms with Gasteiger partial charge >= 0.3 is 0 Å². The normalized spacial score (nSPS) is 23.3. The second kappa shape index (κ2) is 6.39. The Bertz CT molecular complexity index is 851. The first-order valence-corrected chi connectivity index (χ1v) is 9.93. The predicted octanol–water partition coefficient (Wildman–Crippen LogP) is 2.50. The predicted molar refractivity (Wildman–Crippen MR) is 101 cm³/mol. The molecule has 1 fully saturated rings. The zero-order chi connectivity index (χ0) is 17.7. The third-order valence-corrected chi connectivity index (χ3v) is 6.31. The smallest absolute Gasteiger partial charge is 0.237 e. The van der Waals surface area contributed by atoms with Crippen molar-refractivity contribution in [1.82, 2.24) is 14.4 Å². The first-order chi connectivity index (χ1) is 12.7. The number of fused-ring (bicyclic) bond motifs is 3. The Hall–Kier alpha value is -1.85. The van der Waals surface area contributed by atoms with Gasteiger partial charge < -0.3 is 14.2 Å². The molecule has 1 unspecified atom stereocenters. The van der Waals surface area contributed by atoms with Gasteiger partial charge in [-0.1, -0.05) is 11.6 Å². The lowest BCUT2D eigenvalue weighted by molar-refractivity contribution is -0.137. The van der Waals surface area contributed by atoms with E-state index in [2.05, 4.69) is 39.5 Å². The zero-order valence-corrected chi connectivity index (χ0v) is 15.5. The van der Waals surface area contributed by atoms with Crippen LogP contribution in [0.15, 0.2) is 18.2 Å². The fourth-order valence-electron chi connectivity index (χ4n) is 5.06. The largest absolute Gasteiger partial charge is 0.379 e. The van der Waals surface area contributed by atoms with E-state index in [-0.39, 0.29) is 11.9 Å². The van der Waals surface area contributed by atoms with Gasteiger partial charge in [0.1, 0.15) is 0 Å². The minimum atomic E-state index is 0.258. The van der Waals surface area contributed by atoms with E-state index >= 15 is 0 Å². The molecule has 1 amide bonds. The highest BCUT2D eigenvalue weighted by Gasteiger charge is 2.37. The first kappa shape index (κ1) is 16.3. The molecule has 0 bridgehead atoms. The van der Waals surface area contributed by atoms with Gasteiger partial charge in [-0.2, -0.15) is 0 Å². The minimum absolute atomic E-state index is 0.258. The summed E-state index contributed by atoms with van der Waals surface area (Å²) < 4.78 is 7.91. The fraction of sp³-hybridized carbons (Fsp3) is 0.571. The maximum atomic E-state index is 13.1. The van der Waals surface area contributed by atoms with Crippen molar-refractivity contribution >= 4 is 16.8 Å². The molecule has 0 saturated carbocycles. The lowest BCUT2D eigenvalue weighted by atomic mass is 9.89. The van der Waals surface area contributed by atoms with Crippen molar-refractivity contribution in [1.29, 1.82) is 0 Å². The van der Waals surface area contributed by atoms with Crippen LogP contribution in [-0.4, -0.2) is 59.7 Å². The van der Waals surface area contributed by atoms with E-state index in [9.17, 15) is 4.79 Å².